The van der Waals surface area contributed by atoms with Gasteiger partial charge in [-0.15, -0.1) is 5.10 Å². The molecule has 1 N–H and O–H groups in total. The average molecular weight is 368 g/mol. The van der Waals surface area contributed by atoms with Gasteiger partial charge in [0, 0.05) is 17.8 Å². The van der Waals surface area contributed by atoms with Crippen LogP contribution in [0, 0.1) is 16.4 Å². The van der Waals surface area contributed by atoms with Gasteiger partial charge in [-0.3, -0.25) is 0 Å². The predicted molar refractivity (Wildman–Crippen MR) is 92.9 cm³/mol. The van der Waals surface area contributed by atoms with Crippen LogP contribution >= 0.6 is 12.2 Å². The Balaban J connectivity index is 1.95. The van der Waals surface area contributed by atoms with Crippen molar-refractivity contribution in [1.29, 1.82) is 0 Å². The van der Waals surface area contributed by atoms with E-state index in [2.05, 4.69) is 25.5 Å². The number of hydrogen-bond donors (Lipinski definition) is 1. The van der Waals surface area contributed by atoms with Crippen LogP contribution in [0.5, 0.6) is 0 Å². The second-order valence-corrected chi connectivity index (χ2v) is 5.74. The number of nitrogens with zero attached hydrogens (tertiary/aromatic N) is 5. The molecule has 4 aromatic rings. The summed E-state index contributed by atoms with van der Waals surface area (Å²) in [5, 5.41) is 11.7. The molecule has 0 amide bonds. The fraction of sp³-hybridized carbons (Fsp3) is 0. The fourth-order valence-corrected chi connectivity index (χ4v) is 2.72. The van der Waals surface area contributed by atoms with E-state index < -0.39 is 11.6 Å². The second kappa shape index (κ2) is 6.52. The Morgan fingerprint density at radius 3 is 2.58 bits per heavy atom. The first-order valence-corrected chi connectivity index (χ1v) is 7.93. The Labute approximate surface area is 151 Å². The predicted octanol–water partition coefficient (Wildman–Crippen LogP) is 3.73. The summed E-state index contributed by atoms with van der Waals surface area (Å²) in [7, 11) is 0. The number of nitrogens with one attached hydrogen (secondary N) is 1. The number of aromatic nitrogens is 6. The fourth-order valence-electron chi connectivity index (χ4n) is 2.57. The molecule has 128 valence electrons. The number of hydrogen-bond acceptors (Lipinski definition) is 5. The number of H-pyrrole nitrogens is 1. The molecule has 0 saturated heterocycles. The number of rotatable bonds is 3. The highest BCUT2D eigenvalue weighted by molar-refractivity contribution is 7.71. The molecule has 2 aromatic heterocycles. The van der Waals surface area contributed by atoms with Crippen LogP contribution in [0.25, 0.3) is 28.3 Å². The molecule has 0 atom stereocenters. The van der Waals surface area contributed by atoms with Crippen molar-refractivity contribution >= 4 is 12.2 Å². The summed E-state index contributed by atoms with van der Waals surface area (Å²) in [6.45, 7) is 0. The van der Waals surface area contributed by atoms with E-state index in [1.54, 1.807) is 0 Å². The third kappa shape index (κ3) is 2.88. The number of aromatic amines is 1. The van der Waals surface area contributed by atoms with E-state index in [-0.39, 0.29) is 10.3 Å². The van der Waals surface area contributed by atoms with Crippen molar-refractivity contribution in [3.8, 4) is 28.3 Å². The van der Waals surface area contributed by atoms with Crippen molar-refractivity contribution in [3.05, 3.63) is 71.1 Å². The molecule has 0 saturated carbocycles. The van der Waals surface area contributed by atoms with E-state index in [1.165, 1.54) is 23.0 Å². The molecular weight excluding hydrogens is 358 g/mol. The third-order valence-corrected chi connectivity index (χ3v) is 3.93. The molecule has 26 heavy (non-hydrogen) atoms. The van der Waals surface area contributed by atoms with Crippen LogP contribution in [-0.2, 0) is 0 Å². The Hall–Kier alpha value is -3.33. The molecule has 2 heterocycles. The monoisotopic (exact) mass is 368 g/mol. The number of tetrazole rings is 1. The first-order chi connectivity index (χ1) is 12.6. The highest BCUT2D eigenvalue weighted by Crippen LogP contribution is 2.31. The van der Waals surface area contributed by atoms with Gasteiger partial charge >= 0.3 is 0 Å². The quantitative estimate of drug-likeness (QED) is 0.558. The van der Waals surface area contributed by atoms with Gasteiger partial charge in [-0.25, -0.2) is 13.8 Å². The number of halogens is 2. The zero-order chi connectivity index (χ0) is 18.1. The van der Waals surface area contributed by atoms with Gasteiger partial charge < -0.3 is 4.98 Å². The van der Waals surface area contributed by atoms with Crippen molar-refractivity contribution in [2.45, 2.75) is 0 Å². The summed E-state index contributed by atoms with van der Waals surface area (Å²) >= 11 is 5.06. The van der Waals surface area contributed by atoms with E-state index in [0.29, 0.717) is 17.1 Å². The first-order valence-electron chi connectivity index (χ1n) is 7.52. The Kier molecular flexibility index (Phi) is 4.05. The van der Waals surface area contributed by atoms with Crippen molar-refractivity contribution in [2.24, 2.45) is 0 Å². The molecule has 0 aliphatic rings. The lowest BCUT2D eigenvalue weighted by atomic mass is 10.1. The molecule has 0 bridgehead atoms. The number of benzene rings is 2. The molecule has 0 aliphatic carbocycles. The Bertz CT molecular complexity index is 1140. The van der Waals surface area contributed by atoms with Crippen molar-refractivity contribution < 1.29 is 8.78 Å². The maximum atomic E-state index is 14.3. The highest BCUT2D eigenvalue weighted by Gasteiger charge is 2.19. The first kappa shape index (κ1) is 16.2. The van der Waals surface area contributed by atoms with Crippen LogP contribution in [0.3, 0.4) is 0 Å². The summed E-state index contributed by atoms with van der Waals surface area (Å²) in [6.07, 6.45) is 1.46. The van der Waals surface area contributed by atoms with Crippen LogP contribution < -0.4 is 0 Å². The SMILES string of the molecule is Fc1ccc(-c2[nH]c(=S)ncc2-c2nnnn2-c2ccccc2)c(F)c1. The average Bonchev–Trinajstić information content (AvgIpc) is 3.12. The molecule has 4 rings (SSSR count). The summed E-state index contributed by atoms with van der Waals surface area (Å²) in [5.41, 5.74) is 1.60. The summed E-state index contributed by atoms with van der Waals surface area (Å²) in [5.74, 6) is -1.06. The van der Waals surface area contributed by atoms with E-state index in [1.807, 2.05) is 30.3 Å². The largest absolute Gasteiger partial charge is 0.330 e. The minimum Gasteiger partial charge on any atom is -0.330 e. The number of para-hydroxylation sites is 1. The van der Waals surface area contributed by atoms with Crippen LogP contribution in [0.15, 0.2) is 54.7 Å². The zero-order valence-electron chi connectivity index (χ0n) is 13.1. The summed E-state index contributed by atoms with van der Waals surface area (Å²) in [4.78, 5) is 6.91. The van der Waals surface area contributed by atoms with Gasteiger partial charge in [0.15, 0.2) is 10.6 Å². The van der Waals surface area contributed by atoms with Crippen molar-refractivity contribution in [1.82, 2.24) is 30.2 Å². The molecule has 0 fully saturated rings. The molecule has 0 unspecified atom stereocenters. The van der Waals surface area contributed by atoms with Gasteiger partial charge in [0.05, 0.1) is 16.9 Å². The topological polar surface area (TPSA) is 72.3 Å². The van der Waals surface area contributed by atoms with Gasteiger partial charge in [-0.2, -0.15) is 4.68 Å². The van der Waals surface area contributed by atoms with Crippen LogP contribution in [-0.4, -0.2) is 30.2 Å². The van der Waals surface area contributed by atoms with E-state index in [0.717, 1.165) is 11.8 Å². The van der Waals surface area contributed by atoms with Gasteiger partial charge in [-0.05, 0) is 46.9 Å². The maximum absolute atomic E-state index is 14.3. The summed E-state index contributed by atoms with van der Waals surface area (Å²) in [6, 6.07) is 12.5. The molecule has 0 aliphatic heterocycles. The highest BCUT2D eigenvalue weighted by atomic mass is 32.1. The van der Waals surface area contributed by atoms with E-state index >= 15 is 0 Å². The lowest BCUT2D eigenvalue weighted by molar-refractivity contribution is 0.585. The van der Waals surface area contributed by atoms with Crippen LogP contribution in [0.1, 0.15) is 0 Å². The Morgan fingerprint density at radius 1 is 1.00 bits per heavy atom. The molecule has 0 spiro atoms. The maximum Gasteiger partial charge on any atom is 0.197 e. The molecule has 0 radical (unpaired) electrons. The van der Waals surface area contributed by atoms with Gasteiger partial charge in [0.1, 0.15) is 11.6 Å². The molecule has 2 aromatic carbocycles. The van der Waals surface area contributed by atoms with Crippen molar-refractivity contribution in [3.63, 3.8) is 0 Å². The lowest BCUT2D eigenvalue weighted by Gasteiger charge is -2.10. The van der Waals surface area contributed by atoms with E-state index in [4.69, 9.17) is 12.2 Å². The smallest absolute Gasteiger partial charge is 0.197 e. The third-order valence-electron chi connectivity index (χ3n) is 3.72. The van der Waals surface area contributed by atoms with Crippen LogP contribution in [0.4, 0.5) is 8.78 Å². The van der Waals surface area contributed by atoms with Crippen molar-refractivity contribution in [2.75, 3.05) is 0 Å². The van der Waals surface area contributed by atoms with E-state index in [9.17, 15) is 8.78 Å². The standard InChI is InChI=1S/C17H10F2N6S/c18-10-6-7-12(14(19)8-10)15-13(9-20-17(26)21-15)16-22-23-24-25(16)11-4-2-1-3-5-11/h1-9H,(H,20,21,26). The second-order valence-electron chi connectivity index (χ2n) is 5.35. The van der Waals surface area contributed by atoms with Gasteiger partial charge in [0.25, 0.3) is 0 Å². The Morgan fingerprint density at radius 2 is 1.81 bits per heavy atom. The van der Waals surface area contributed by atoms with Gasteiger partial charge in [-0.1, -0.05) is 18.2 Å². The molecule has 6 nitrogen and oxygen atoms in total. The molecular formula is C17H10F2N6S. The lowest BCUT2D eigenvalue weighted by Crippen LogP contribution is -2.03. The minimum absolute atomic E-state index is 0.137. The zero-order valence-corrected chi connectivity index (χ0v) is 13.9. The molecule has 9 heteroatoms. The van der Waals surface area contributed by atoms with Gasteiger partial charge in [0.2, 0.25) is 0 Å². The minimum atomic E-state index is -0.734. The normalized spacial score (nSPS) is 10.8. The summed E-state index contributed by atoms with van der Waals surface area (Å²) < 4.78 is 29.3. The van der Waals surface area contributed by atoms with Crippen LogP contribution in [0.2, 0.25) is 0 Å².